The van der Waals surface area contributed by atoms with Crippen molar-refractivity contribution < 1.29 is 4.79 Å². The molecule has 25 heavy (non-hydrogen) atoms. The molecule has 1 aromatic rings. The number of allylic oxidation sites excluding steroid dienone is 2. The molecule has 0 spiro atoms. The number of hydrogen-bond donors (Lipinski definition) is 1. The molecule has 2 unspecified atom stereocenters. The predicted octanol–water partition coefficient (Wildman–Crippen LogP) is 2.23. The molecule has 1 aliphatic heterocycles. The van der Waals surface area contributed by atoms with Crippen LogP contribution in [0.4, 0.5) is 5.82 Å². The zero-order chi connectivity index (χ0) is 17.6. The summed E-state index contributed by atoms with van der Waals surface area (Å²) in [5.41, 5.74) is 5.74. The van der Waals surface area contributed by atoms with Gasteiger partial charge >= 0.3 is 0 Å². The molecular formula is C19H29N5O. The number of rotatable bonds is 4. The Bertz CT molecular complexity index is 618. The molecule has 0 aromatic carbocycles. The van der Waals surface area contributed by atoms with E-state index in [9.17, 15) is 4.79 Å². The van der Waals surface area contributed by atoms with Crippen molar-refractivity contribution in [3.63, 3.8) is 0 Å². The van der Waals surface area contributed by atoms with E-state index in [1.54, 1.807) is 12.3 Å². The van der Waals surface area contributed by atoms with Gasteiger partial charge in [0.05, 0.1) is 6.54 Å². The zero-order valence-electron chi connectivity index (χ0n) is 15.1. The Hall–Kier alpha value is -1.95. The Balaban J connectivity index is 1.53. The fourth-order valence-electron chi connectivity index (χ4n) is 3.86. The van der Waals surface area contributed by atoms with Crippen LogP contribution in [0.25, 0.3) is 0 Å². The number of hydrogen-bond acceptors (Lipinski definition) is 5. The highest BCUT2D eigenvalue weighted by Gasteiger charge is 2.27. The maximum absolute atomic E-state index is 12.8. The number of likely N-dealkylation sites (tertiary alicyclic amines) is 1. The van der Waals surface area contributed by atoms with E-state index in [0.29, 0.717) is 24.3 Å². The second kappa shape index (κ2) is 8.43. The van der Waals surface area contributed by atoms with Gasteiger partial charge in [0, 0.05) is 31.2 Å². The van der Waals surface area contributed by atoms with Crippen molar-refractivity contribution in [2.75, 3.05) is 25.9 Å². The minimum atomic E-state index is 0.194. The van der Waals surface area contributed by atoms with Gasteiger partial charge < -0.3 is 10.6 Å². The highest BCUT2D eigenvalue weighted by molar-refractivity contribution is 5.79. The molecule has 0 saturated carbocycles. The Labute approximate surface area is 150 Å². The summed E-state index contributed by atoms with van der Waals surface area (Å²) in [6.45, 7) is 2.43. The minimum Gasteiger partial charge on any atom is -0.384 e. The number of carbonyl (C=O) groups excluding carboxylic acids is 1. The molecule has 136 valence electrons. The number of anilines is 1. The van der Waals surface area contributed by atoms with Gasteiger partial charge in [-0.3, -0.25) is 9.69 Å². The van der Waals surface area contributed by atoms with E-state index >= 15 is 0 Å². The minimum absolute atomic E-state index is 0.194. The van der Waals surface area contributed by atoms with E-state index in [4.69, 9.17) is 5.73 Å². The summed E-state index contributed by atoms with van der Waals surface area (Å²) in [6.07, 6.45) is 12.2. The van der Waals surface area contributed by atoms with E-state index in [1.807, 2.05) is 0 Å². The van der Waals surface area contributed by atoms with E-state index in [2.05, 4.69) is 39.0 Å². The lowest BCUT2D eigenvalue weighted by Gasteiger charge is -2.28. The SMILES string of the molecule is CN(Cc1nccc(N)n1)C1CCCN(C(=O)C2CC=CCC2)CC1. The third-order valence-corrected chi connectivity index (χ3v) is 5.37. The Kier molecular flexibility index (Phi) is 6.02. The summed E-state index contributed by atoms with van der Waals surface area (Å²) >= 11 is 0. The number of carbonyl (C=O) groups is 1. The summed E-state index contributed by atoms with van der Waals surface area (Å²) < 4.78 is 0. The highest BCUT2D eigenvalue weighted by atomic mass is 16.2. The first-order valence-corrected chi connectivity index (χ1v) is 9.35. The fourth-order valence-corrected chi connectivity index (χ4v) is 3.86. The third-order valence-electron chi connectivity index (χ3n) is 5.37. The van der Waals surface area contributed by atoms with Crippen molar-refractivity contribution in [3.05, 3.63) is 30.2 Å². The molecule has 3 rings (SSSR count). The van der Waals surface area contributed by atoms with Crippen LogP contribution in [0.2, 0.25) is 0 Å². The van der Waals surface area contributed by atoms with Crippen LogP contribution in [-0.4, -0.2) is 51.9 Å². The second-order valence-corrected chi connectivity index (χ2v) is 7.20. The van der Waals surface area contributed by atoms with Crippen LogP contribution in [0.3, 0.4) is 0 Å². The van der Waals surface area contributed by atoms with Crippen molar-refractivity contribution in [1.82, 2.24) is 19.8 Å². The molecular weight excluding hydrogens is 314 g/mol. The number of amides is 1. The Morgan fingerprint density at radius 1 is 1.32 bits per heavy atom. The summed E-state index contributed by atoms with van der Waals surface area (Å²) in [4.78, 5) is 25.7. The molecule has 6 nitrogen and oxygen atoms in total. The van der Waals surface area contributed by atoms with Crippen molar-refractivity contribution in [1.29, 1.82) is 0 Å². The molecule has 2 heterocycles. The lowest BCUT2D eigenvalue weighted by atomic mass is 9.93. The summed E-state index contributed by atoms with van der Waals surface area (Å²) in [6, 6.07) is 2.16. The normalized spacial score (nSPS) is 24.3. The van der Waals surface area contributed by atoms with Crippen LogP contribution < -0.4 is 5.73 Å². The highest BCUT2D eigenvalue weighted by Crippen LogP contribution is 2.23. The van der Waals surface area contributed by atoms with Gasteiger partial charge in [0.1, 0.15) is 11.6 Å². The summed E-state index contributed by atoms with van der Waals surface area (Å²) in [7, 11) is 2.11. The number of nitrogen functional groups attached to an aromatic ring is 1. The second-order valence-electron chi connectivity index (χ2n) is 7.20. The fraction of sp³-hybridized carbons (Fsp3) is 0.632. The first kappa shape index (κ1) is 17.9. The first-order chi connectivity index (χ1) is 12.1. The topological polar surface area (TPSA) is 75.4 Å². The molecule has 1 aromatic heterocycles. The molecule has 2 N–H and O–H groups in total. The molecule has 0 bridgehead atoms. The van der Waals surface area contributed by atoms with Crippen molar-refractivity contribution in [3.8, 4) is 0 Å². The van der Waals surface area contributed by atoms with Crippen LogP contribution in [0, 0.1) is 5.92 Å². The first-order valence-electron chi connectivity index (χ1n) is 9.35. The summed E-state index contributed by atoms with van der Waals surface area (Å²) in [5, 5.41) is 0. The van der Waals surface area contributed by atoms with Crippen molar-refractivity contribution in [2.45, 2.75) is 51.1 Å². The van der Waals surface area contributed by atoms with Crippen LogP contribution in [0.1, 0.15) is 44.3 Å². The number of aromatic nitrogens is 2. The largest absolute Gasteiger partial charge is 0.384 e. The number of nitrogens with zero attached hydrogens (tertiary/aromatic N) is 4. The van der Waals surface area contributed by atoms with Gasteiger partial charge in [0.15, 0.2) is 0 Å². The van der Waals surface area contributed by atoms with Gasteiger partial charge in [-0.05, 0) is 51.6 Å². The quantitative estimate of drug-likeness (QED) is 0.849. The Morgan fingerprint density at radius 2 is 2.20 bits per heavy atom. The molecule has 1 fully saturated rings. The molecule has 2 atom stereocenters. The van der Waals surface area contributed by atoms with E-state index in [1.165, 1.54) is 0 Å². The average Bonchev–Trinajstić information content (AvgIpc) is 2.88. The third kappa shape index (κ3) is 4.78. The summed E-state index contributed by atoms with van der Waals surface area (Å²) in [5.74, 6) is 1.82. The monoisotopic (exact) mass is 343 g/mol. The van der Waals surface area contributed by atoms with Gasteiger partial charge in [0.25, 0.3) is 0 Å². The average molecular weight is 343 g/mol. The standard InChI is InChI=1S/C19H29N5O/c1-23(14-18-21-11-9-17(20)22-18)16-8-5-12-24(13-10-16)19(25)15-6-3-2-4-7-15/h2-3,9,11,15-16H,4-8,10,12-14H2,1H3,(H2,20,21,22). The van der Waals surface area contributed by atoms with Gasteiger partial charge in [-0.15, -0.1) is 0 Å². The molecule has 0 radical (unpaired) electrons. The van der Waals surface area contributed by atoms with Crippen molar-refractivity contribution in [2.24, 2.45) is 5.92 Å². The maximum atomic E-state index is 12.8. The van der Waals surface area contributed by atoms with Gasteiger partial charge in [-0.2, -0.15) is 0 Å². The van der Waals surface area contributed by atoms with E-state index < -0.39 is 0 Å². The molecule has 2 aliphatic rings. The smallest absolute Gasteiger partial charge is 0.226 e. The maximum Gasteiger partial charge on any atom is 0.226 e. The molecule has 1 amide bonds. The molecule has 6 heteroatoms. The predicted molar refractivity (Wildman–Crippen MR) is 98.6 cm³/mol. The molecule has 1 saturated heterocycles. The van der Waals surface area contributed by atoms with Crippen LogP contribution in [0.15, 0.2) is 24.4 Å². The van der Waals surface area contributed by atoms with Gasteiger partial charge in [0.2, 0.25) is 5.91 Å². The van der Waals surface area contributed by atoms with Gasteiger partial charge in [-0.25, -0.2) is 9.97 Å². The number of nitrogens with two attached hydrogens (primary N) is 1. The van der Waals surface area contributed by atoms with Crippen LogP contribution in [0.5, 0.6) is 0 Å². The lowest BCUT2D eigenvalue weighted by Crippen LogP contribution is -2.38. The molecule has 1 aliphatic carbocycles. The van der Waals surface area contributed by atoms with Gasteiger partial charge in [-0.1, -0.05) is 12.2 Å². The lowest BCUT2D eigenvalue weighted by molar-refractivity contribution is -0.135. The van der Waals surface area contributed by atoms with E-state index in [-0.39, 0.29) is 5.92 Å². The van der Waals surface area contributed by atoms with E-state index in [0.717, 1.165) is 57.4 Å². The zero-order valence-corrected chi connectivity index (χ0v) is 15.1. The Morgan fingerprint density at radius 3 is 2.96 bits per heavy atom. The van der Waals surface area contributed by atoms with Crippen LogP contribution >= 0.6 is 0 Å². The van der Waals surface area contributed by atoms with Crippen molar-refractivity contribution >= 4 is 11.7 Å². The van der Waals surface area contributed by atoms with Crippen LogP contribution in [-0.2, 0) is 11.3 Å².